The molecule has 1 heterocycles. The zero-order valence-electron chi connectivity index (χ0n) is 12.2. The molecule has 0 N–H and O–H groups in total. The van der Waals surface area contributed by atoms with Gasteiger partial charge >= 0.3 is 0 Å². The minimum Gasteiger partial charge on any atom is -0.367 e. The Bertz CT molecular complexity index is 313. The third-order valence-corrected chi connectivity index (χ3v) is 4.59. The van der Waals surface area contributed by atoms with E-state index in [0.717, 1.165) is 12.3 Å². The van der Waals surface area contributed by atoms with Crippen LogP contribution >= 0.6 is 11.6 Å². The van der Waals surface area contributed by atoms with E-state index < -0.39 is 0 Å². The van der Waals surface area contributed by atoms with Crippen molar-refractivity contribution >= 4 is 17.5 Å². The predicted octanol–water partition coefficient (Wildman–Crippen LogP) is 3.20. The Morgan fingerprint density at radius 1 is 1.37 bits per heavy atom. The molecular weight excluding hydrogens is 262 g/mol. The SMILES string of the molecule is CC1(C)CN(C(=O)CCC2CCCC2)CC(CCl)O1. The van der Waals surface area contributed by atoms with E-state index in [1.54, 1.807) is 0 Å². The largest absolute Gasteiger partial charge is 0.367 e. The highest BCUT2D eigenvalue weighted by molar-refractivity contribution is 6.18. The number of morpholine rings is 1. The molecule has 4 heteroatoms. The molecule has 1 saturated carbocycles. The normalized spacial score (nSPS) is 27.7. The van der Waals surface area contributed by atoms with Crippen LogP contribution in [0.2, 0.25) is 0 Å². The topological polar surface area (TPSA) is 29.5 Å². The second kappa shape index (κ2) is 6.45. The summed E-state index contributed by atoms with van der Waals surface area (Å²) in [4.78, 5) is 14.3. The first kappa shape index (κ1) is 15.1. The molecule has 1 unspecified atom stereocenters. The lowest BCUT2D eigenvalue weighted by Crippen LogP contribution is -2.55. The predicted molar refractivity (Wildman–Crippen MR) is 77.4 cm³/mol. The van der Waals surface area contributed by atoms with E-state index >= 15 is 0 Å². The first-order chi connectivity index (χ1) is 9.00. The Hall–Kier alpha value is -0.280. The number of amides is 1. The highest BCUT2D eigenvalue weighted by Crippen LogP contribution is 2.29. The van der Waals surface area contributed by atoms with Crippen molar-refractivity contribution in [3.63, 3.8) is 0 Å². The molecule has 110 valence electrons. The summed E-state index contributed by atoms with van der Waals surface area (Å²) in [5.41, 5.74) is -0.277. The van der Waals surface area contributed by atoms with Crippen molar-refractivity contribution in [3.8, 4) is 0 Å². The zero-order valence-corrected chi connectivity index (χ0v) is 12.9. The molecule has 0 aromatic carbocycles. The van der Waals surface area contributed by atoms with Gasteiger partial charge in [-0.15, -0.1) is 11.6 Å². The smallest absolute Gasteiger partial charge is 0.222 e. The van der Waals surface area contributed by atoms with E-state index in [0.29, 0.717) is 25.4 Å². The minimum absolute atomic E-state index is 0.0270. The van der Waals surface area contributed by atoms with E-state index in [1.807, 2.05) is 18.7 Å². The number of carbonyl (C=O) groups is 1. The molecule has 2 rings (SSSR count). The van der Waals surface area contributed by atoms with Gasteiger partial charge in [0.05, 0.1) is 17.6 Å². The first-order valence-corrected chi connectivity index (χ1v) is 8.05. The van der Waals surface area contributed by atoms with Crippen LogP contribution in [0.4, 0.5) is 0 Å². The van der Waals surface area contributed by atoms with Gasteiger partial charge in [0.1, 0.15) is 0 Å². The lowest BCUT2D eigenvalue weighted by molar-refractivity contribution is -0.157. The molecule has 0 radical (unpaired) electrons. The number of nitrogens with zero attached hydrogens (tertiary/aromatic N) is 1. The molecule has 2 aliphatic rings. The van der Waals surface area contributed by atoms with E-state index in [4.69, 9.17) is 16.3 Å². The Morgan fingerprint density at radius 2 is 2.05 bits per heavy atom. The molecule has 2 fully saturated rings. The molecule has 1 aliphatic heterocycles. The number of rotatable bonds is 4. The van der Waals surface area contributed by atoms with E-state index in [-0.39, 0.29) is 17.6 Å². The fourth-order valence-corrected chi connectivity index (χ4v) is 3.51. The summed E-state index contributed by atoms with van der Waals surface area (Å²) >= 11 is 5.90. The van der Waals surface area contributed by atoms with Gasteiger partial charge < -0.3 is 9.64 Å². The highest BCUT2D eigenvalue weighted by Gasteiger charge is 2.35. The summed E-state index contributed by atoms with van der Waals surface area (Å²) in [7, 11) is 0. The number of hydrogen-bond donors (Lipinski definition) is 0. The molecule has 0 aromatic heterocycles. The molecule has 0 bridgehead atoms. The maximum absolute atomic E-state index is 12.3. The van der Waals surface area contributed by atoms with Crippen LogP contribution < -0.4 is 0 Å². The number of ether oxygens (including phenoxy) is 1. The number of hydrogen-bond acceptors (Lipinski definition) is 2. The van der Waals surface area contributed by atoms with Crippen LogP contribution in [0.25, 0.3) is 0 Å². The van der Waals surface area contributed by atoms with Gasteiger partial charge in [0.2, 0.25) is 5.91 Å². The van der Waals surface area contributed by atoms with Crippen molar-refractivity contribution in [2.45, 2.75) is 64.1 Å². The van der Waals surface area contributed by atoms with Gasteiger partial charge in [-0.2, -0.15) is 0 Å². The van der Waals surface area contributed by atoms with E-state index in [2.05, 4.69) is 0 Å². The second-order valence-corrected chi connectivity index (χ2v) is 6.93. The van der Waals surface area contributed by atoms with Crippen LogP contribution in [-0.4, -0.2) is 41.5 Å². The van der Waals surface area contributed by atoms with Crippen LogP contribution in [0.1, 0.15) is 52.4 Å². The van der Waals surface area contributed by atoms with Gasteiger partial charge in [-0.3, -0.25) is 4.79 Å². The minimum atomic E-state index is -0.277. The fraction of sp³-hybridized carbons (Fsp3) is 0.933. The van der Waals surface area contributed by atoms with Crippen molar-refractivity contribution in [1.82, 2.24) is 4.90 Å². The maximum atomic E-state index is 12.3. The molecule has 1 amide bonds. The molecule has 0 aromatic rings. The van der Waals surface area contributed by atoms with Crippen molar-refractivity contribution in [1.29, 1.82) is 0 Å². The van der Waals surface area contributed by atoms with Crippen LogP contribution in [0, 0.1) is 5.92 Å². The standard InChI is InChI=1S/C15H26ClNO2/c1-15(2)11-17(10-13(9-16)19-15)14(18)8-7-12-5-3-4-6-12/h12-13H,3-11H2,1-2H3. The third-order valence-electron chi connectivity index (χ3n) is 4.25. The molecule has 1 saturated heterocycles. The average Bonchev–Trinajstić information content (AvgIpc) is 2.87. The van der Waals surface area contributed by atoms with E-state index in [1.165, 1.54) is 25.7 Å². The first-order valence-electron chi connectivity index (χ1n) is 7.52. The Labute approximate surface area is 121 Å². The van der Waals surface area contributed by atoms with Gasteiger partial charge in [0.15, 0.2) is 0 Å². The monoisotopic (exact) mass is 287 g/mol. The molecule has 0 spiro atoms. The van der Waals surface area contributed by atoms with E-state index in [9.17, 15) is 4.79 Å². The Morgan fingerprint density at radius 3 is 2.68 bits per heavy atom. The van der Waals surface area contributed by atoms with Crippen molar-refractivity contribution in [2.75, 3.05) is 19.0 Å². The van der Waals surface area contributed by atoms with Crippen LogP contribution in [0.5, 0.6) is 0 Å². The molecule has 1 aliphatic carbocycles. The molecule has 19 heavy (non-hydrogen) atoms. The van der Waals surface area contributed by atoms with Gasteiger partial charge in [-0.05, 0) is 26.2 Å². The van der Waals surface area contributed by atoms with Crippen molar-refractivity contribution in [3.05, 3.63) is 0 Å². The fourth-order valence-electron chi connectivity index (χ4n) is 3.35. The van der Waals surface area contributed by atoms with Crippen molar-refractivity contribution < 1.29 is 9.53 Å². The molecular formula is C15H26ClNO2. The van der Waals surface area contributed by atoms with Gasteiger partial charge in [0.25, 0.3) is 0 Å². The van der Waals surface area contributed by atoms with Crippen LogP contribution in [-0.2, 0) is 9.53 Å². The lowest BCUT2D eigenvalue weighted by Gasteiger charge is -2.42. The number of alkyl halides is 1. The second-order valence-electron chi connectivity index (χ2n) is 6.62. The summed E-state index contributed by atoms with van der Waals surface area (Å²) in [6.45, 7) is 5.40. The van der Waals surface area contributed by atoms with Gasteiger partial charge in [-0.25, -0.2) is 0 Å². The van der Waals surface area contributed by atoms with Crippen LogP contribution in [0.3, 0.4) is 0 Å². The summed E-state index contributed by atoms with van der Waals surface area (Å²) in [6, 6.07) is 0. The van der Waals surface area contributed by atoms with Crippen LogP contribution in [0.15, 0.2) is 0 Å². The average molecular weight is 288 g/mol. The quantitative estimate of drug-likeness (QED) is 0.743. The zero-order chi connectivity index (χ0) is 13.9. The van der Waals surface area contributed by atoms with Gasteiger partial charge in [-0.1, -0.05) is 25.7 Å². The Balaban J connectivity index is 1.83. The number of carbonyl (C=O) groups excluding carboxylic acids is 1. The Kier molecular flexibility index (Phi) is 5.13. The molecule has 1 atom stereocenters. The number of halogens is 1. The summed E-state index contributed by atoms with van der Waals surface area (Å²) in [6.07, 6.45) is 7.03. The third kappa shape index (κ3) is 4.35. The van der Waals surface area contributed by atoms with Crippen molar-refractivity contribution in [2.24, 2.45) is 5.92 Å². The maximum Gasteiger partial charge on any atom is 0.222 e. The molecule has 3 nitrogen and oxygen atoms in total. The summed E-state index contributed by atoms with van der Waals surface area (Å²) < 4.78 is 5.86. The lowest BCUT2D eigenvalue weighted by atomic mass is 10.00. The van der Waals surface area contributed by atoms with Gasteiger partial charge in [0, 0.05) is 19.5 Å². The summed E-state index contributed by atoms with van der Waals surface area (Å²) in [5, 5.41) is 0. The highest BCUT2D eigenvalue weighted by atomic mass is 35.5. The summed E-state index contributed by atoms with van der Waals surface area (Å²) in [5.74, 6) is 1.51.